The highest BCUT2D eigenvalue weighted by molar-refractivity contribution is 8.13. The summed E-state index contributed by atoms with van der Waals surface area (Å²) in [6.07, 6.45) is 3.94. The lowest BCUT2D eigenvalue weighted by atomic mass is 9.99. The first-order valence-corrected chi connectivity index (χ1v) is 10.6. The Hall–Kier alpha value is -1.47. The second-order valence-corrected chi connectivity index (χ2v) is 9.52. The lowest BCUT2D eigenvalue weighted by Gasteiger charge is -2.33. The maximum Gasteiger partial charge on any atom is 0.410 e. The minimum Gasteiger partial charge on any atom is -0.444 e. The normalized spacial score (nSPS) is 20.1. The van der Waals surface area contributed by atoms with Crippen LogP contribution in [0.25, 0.3) is 0 Å². The van der Waals surface area contributed by atoms with Gasteiger partial charge in [0.2, 0.25) is 5.12 Å². The van der Waals surface area contributed by atoms with E-state index in [4.69, 9.17) is 16.3 Å². The third-order valence-electron chi connectivity index (χ3n) is 4.72. The predicted molar refractivity (Wildman–Crippen MR) is 108 cm³/mol. The van der Waals surface area contributed by atoms with Crippen LogP contribution >= 0.6 is 23.4 Å². The molecule has 1 amide bonds. The van der Waals surface area contributed by atoms with Crippen molar-refractivity contribution in [2.45, 2.75) is 51.7 Å². The summed E-state index contributed by atoms with van der Waals surface area (Å²) in [4.78, 5) is 30.5. The molecule has 1 unspecified atom stereocenters. The van der Waals surface area contributed by atoms with E-state index in [2.05, 4.69) is 10.3 Å². The van der Waals surface area contributed by atoms with Crippen LogP contribution in [0.3, 0.4) is 0 Å². The molecule has 0 aliphatic carbocycles. The highest BCUT2D eigenvalue weighted by Gasteiger charge is 2.30. The summed E-state index contributed by atoms with van der Waals surface area (Å²) in [5.41, 5.74) is 1.46. The van der Waals surface area contributed by atoms with Gasteiger partial charge in [-0.25, -0.2) is 9.78 Å². The summed E-state index contributed by atoms with van der Waals surface area (Å²) < 4.78 is 5.42. The summed E-state index contributed by atoms with van der Waals surface area (Å²) in [5.74, 6) is 1.23. The number of amides is 1. The second-order valence-electron chi connectivity index (χ2n) is 8.11. The largest absolute Gasteiger partial charge is 0.444 e. The SMILES string of the molecule is CC(C)(C)OC(=O)N1CCC(CSC(=O)C2Cc3cnc(Cl)cc3N2)CC1. The number of hydrogen-bond acceptors (Lipinski definition) is 6. The molecular formula is C19H26ClN3O3S. The van der Waals surface area contributed by atoms with Gasteiger partial charge < -0.3 is 15.0 Å². The molecule has 0 radical (unpaired) electrons. The number of likely N-dealkylation sites (tertiary alicyclic amines) is 1. The number of anilines is 1. The number of nitrogens with one attached hydrogen (secondary N) is 1. The fraction of sp³-hybridized carbons (Fsp3) is 0.632. The third-order valence-corrected chi connectivity index (χ3v) is 6.13. The average molecular weight is 412 g/mol. The van der Waals surface area contributed by atoms with E-state index < -0.39 is 5.60 Å². The van der Waals surface area contributed by atoms with Crippen molar-refractivity contribution in [1.29, 1.82) is 0 Å². The molecule has 3 heterocycles. The summed E-state index contributed by atoms with van der Waals surface area (Å²) in [5, 5.41) is 3.82. The van der Waals surface area contributed by atoms with E-state index in [0.29, 0.717) is 30.6 Å². The zero-order valence-corrected chi connectivity index (χ0v) is 17.5. The van der Waals surface area contributed by atoms with Gasteiger partial charge in [-0.2, -0.15) is 0 Å². The lowest BCUT2D eigenvalue weighted by Crippen LogP contribution is -2.42. The van der Waals surface area contributed by atoms with E-state index >= 15 is 0 Å². The molecule has 0 aromatic carbocycles. The third kappa shape index (κ3) is 5.51. The summed E-state index contributed by atoms with van der Waals surface area (Å²) in [6.45, 7) is 7.00. The van der Waals surface area contributed by atoms with Gasteiger partial charge >= 0.3 is 6.09 Å². The molecule has 6 nitrogen and oxygen atoms in total. The standard InChI is InChI=1S/C19H26ClN3O3S/c1-19(2,3)26-18(25)23-6-4-12(5-7-23)11-27-17(24)15-8-13-10-21-16(20)9-14(13)22-15/h9-10,12,15,22H,4-8,11H2,1-3H3. The van der Waals surface area contributed by atoms with Gasteiger partial charge in [0.1, 0.15) is 10.8 Å². The van der Waals surface area contributed by atoms with Gasteiger partial charge in [0, 0.05) is 37.1 Å². The van der Waals surface area contributed by atoms with Crippen molar-refractivity contribution in [2.75, 3.05) is 24.2 Å². The minimum atomic E-state index is -0.470. The predicted octanol–water partition coefficient (Wildman–Crippen LogP) is 3.98. The fourth-order valence-electron chi connectivity index (χ4n) is 3.27. The van der Waals surface area contributed by atoms with Crippen molar-refractivity contribution in [3.63, 3.8) is 0 Å². The second kappa shape index (κ2) is 8.27. The molecule has 1 N–H and O–H groups in total. The Morgan fingerprint density at radius 3 is 2.74 bits per heavy atom. The number of carbonyl (C=O) groups is 2. The summed E-state index contributed by atoms with van der Waals surface area (Å²) in [7, 11) is 0. The number of thioether (sulfide) groups is 1. The molecule has 2 aliphatic rings. The van der Waals surface area contributed by atoms with Gasteiger partial charge in [0.05, 0.1) is 6.04 Å². The monoisotopic (exact) mass is 411 g/mol. The van der Waals surface area contributed by atoms with Crippen molar-refractivity contribution >= 4 is 40.3 Å². The van der Waals surface area contributed by atoms with Crippen LogP contribution in [-0.2, 0) is 16.0 Å². The molecular weight excluding hydrogens is 386 g/mol. The zero-order valence-electron chi connectivity index (χ0n) is 16.0. The van der Waals surface area contributed by atoms with Crippen LogP contribution in [0.15, 0.2) is 12.3 Å². The van der Waals surface area contributed by atoms with Crippen molar-refractivity contribution in [1.82, 2.24) is 9.88 Å². The first-order valence-electron chi connectivity index (χ1n) is 9.27. The molecule has 1 atom stereocenters. The van der Waals surface area contributed by atoms with E-state index in [1.807, 2.05) is 20.8 Å². The number of rotatable bonds is 3. The molecule has 27 heavy (non-hydrogen) atoms. The van der Waals surface area contributed by atoms with E-state index in [1.165, 1.54) is 11.8 Å². The number of nitrogens with zero attached hydrogens (tertiary/aromatic N) is 2. The number of hydrogen-bond donors (Lipinski definition) is 1. The van der Waals surface area contributed by atoms with E-state index in [1.54, 1.807) is 17.2 Å². The van der Waals surface area contributed by atoms with Crippen molar-refractivity contribution in [3.8, 4) is 0 Å². The molecule has 0 bridgehead atoms. The number of fused-ring (bicyclic) bond motifs is 1. The minimum absolute atomic E-state index is 0.150. The van der Waals surface area contributed by atoms with Crippen LogP contribution < -0.4 is 5.32 Å². The van der Waals surface area contributed by atoms with Crippen molar-refractivity contribution < 1.29 is 14.3 Å². The Labute approximate surface area is 169 Å². The molecule has 148 valence electrons. The quantitative estimate of drug-likeness (QED) is 0.758. The number of ether oxygens (including phenoxy) is 1. The molecule has 1 aromatic heterocycles. The topological polar surface area (TPSA) is 71.5 Å². The Kier molecular flexibility index (Phi) is 6.21. The first-order chi connectivity index (χ1) is 12.7. The smallest absolute Gasteiger partial charge is 0.410 e. The fourth-order valence-corrected chi connectivity index (χ4v) is 4.50. The molecule has 1 saturated heterocycles. The number of halogens is 1. The Balaban J connectivity index is 1.40. The van der Waals surface area contributed by atoms with Crippen LogP contribution in [0.4, 0.5) is 10.5 Å². The lowest BCUT2D eigenvalue weighted by molar-refractivity contribution is -0.111. The highest BCUT2D eigenvalue weighted by Crippen LogP contribution is 2.30. The van der Waals surface area contributed by atoms with Gasteiger partial charge in [-0.3, -0.25) is 4.79 Å². The van der Waals surface area contributed by atoms with Gasteiger partial charge in [0.15, 0.2) is 0 Å². The molecule has 0 saturated carbocycles. The van der Waals surface area contributed by atoms with Crippen LogP contribution in [0.1, 0.15) is 39.2 Å². The zero-order chi connectivity index (χ0) is 19.6. The van der Waals surface area contributed by atoms with Gasteiger partial charge in [-0.05, 0) is 51.2 Å². The molecule has 0 spiro atoms. The Bertz CT molecular complexity index is 715. The molecule has 8 heteroatoms. The van der Waals surface area contributed by atoms with Gasteiger partial charge in [0.25, 0.3) is 0 Å². The number of carbonyl (C=O) groups excluding carboxylic acids is 2. The van der Waals surface area contributed by atoms with Crippen LogP contribution in [-0.4, -0.2) is 51.6 Å². The van der Waals surface area contributed by atoms with Gasteiger partial charge in [-0.15, -0.1) is 0 Å². The molecule has 2 aliphatic heterocycles. The van der Waals surface area contributed by atoms with E-state index in [9.17, 15) is 9.59 Å². The Morgan fingerprint density at radius 2 is 2.07 bits per heavy atom. The van der Waals surface area contributed by atoms with Crippen LogP contribution in [0.2, 0.25) is 5.15 Å². The summed E-state index contributed by atoms with van der Waals surface area (Å²) in [6, 6.07) is 1.55. The number of pyridine rings is 1. The maximum atomic E-state index is 12.5. The first kappa shape index (κ1) is 20.3. The van der Waals surface area contributed by atoms with E-state index in [-0.39, 0.29) is 17.3 Å². The Morgan fingerprint density at radius 1 is 1.37 bits per heavy atom. The van der Waals surface area contributed by atoms with Crippen LogP contribution in [0, 0.1) is 5.92 Å². The molecule has 3 rings (SSSR count). The van der Waals surface area contributed by atoms with Crippen molar-refractivity contribution in [3.05, 3.63) is 23.0 Å². The van der Waals surface area contributed by atoms with Crippen molar-refractivity contribution in [2.24, 2.45) is 5.92 Å². The number of piperidine rings is 1. The number of aromatic nitrogens is 1. The van der Waals surface area contributed by atoms with Gasteiger partial charge in [-0.1, -0.05) is 23.4 Å². The highest BCUT2D eigenvalue weighted by atomic mass is 35.5. The average Bonchev–Trinajstić information content (AvgIpc) is 3.01. The van der Waals surface area contributed by atoms with Crippen LogP contribution in [0.5, 0.6) is 0 Å². The summed E-state index contributed by atoms with van der Waals surface area (Å²) >= 11 is 7.29. The molecule has 1 fully saturated rings. The maximum absolute atomic E-state index is 12.5. The molecule has 1 aromatic rings. The van der Waals surface area contributed by atoms with E-state index in [0.717, 1.165) is 29.8 Å².